The summed E-state index contributed by atoms with van der Waals surface area (Å²) in [5, 5.41) is 15.3. The van der Waals surface area contributed by atoms with Crippen LogP contribution in [0.4, 0.5) is 11.6 Å². The minimum Gasteiger partial charge on any atom is -0.325 e. The molecule has 0 saturated heterocycles. The van der Waals surface area contributed by atoms with Gasteiger partial charge in [0.15, 0.2) is 0 Å². The van der Waals surface area contributed by atoms with Gasteiger partial charge >= 0.3 is 0 Å². The highest BCUT2D eigenvalue weighted by molar-refractivity contribution is 5.97. The Hall–Kier alpha value is -4.26. The van der Waals surface area contributed by atoms with E-state index < -0.39 is 0 Å². The van der Waals surface area contributed by atoms with E-state index in [9.17, 15) is 4.79 Å². The van der Waals surface area contributed by atoms with Gasteiger partial charge in [0, 0.05) is 5.69 Å². The Bertz CT molecular complexity index is 1200. The first-order valence-corrected chi connectivity index (χ1v) is 10.0. The van der Waals surface area contributed by atoms with Crippen LogP contribution in [0.5, 0.6) is 0 Å². The van der Waals surface area contributed by atoms with Gasteiger partial charge in [-0.2, -0.15) is 4.68 Å². The first-order valence-electron chi connectivity index (χ1n) is 10.0. The second-order valence-electron chi connectivity index (χ2n) is 7.20. The molecular weight excluding hydrogens is 388 g/mol. The van der Waals surface area contributed by atoms with Gasteiger partial charge in [-0.15, -0.1) is 0 Å². The number of amides is 1. The molecule has 0 spiro atoms. The van der Waals surface area contributed by atoms with Crippen molar-refractivity contribution in [3.05, 3.63) is 108 Å². The Balaban J connectivity index is 1.54. The molecule has 0 bridgehead atoms. The Morgan fingerprint density at radius 3 is 2.23 bits per heavy atom. The van der Waals surface area contributed by atoms with Gasteiger partial charge in [-0.1, -0.05) is 84.0 Å². The van der Waals surface area contributed by atoms with Crippen LogP contribution in [-0.2, 0) is 4.79 Å². The number of anilines is 2. The summed E-state index contributed by atoms with van der Waals surface area (Å²) >= 11 is 0. The van der Waals surface area contributed by atoms with Crippen LogP contribution < -0.4 is 10.2 Å². The fraction of sp³-hybridized carbons (Fsp3) is 0.0833. The molecule has 5 rings (SSSR count). The van der Waals surface area contributed by atoms with Crippen LogP contribution in [0.15, 0.2) is 97.1 Å². The maximum absolute atomic E-state index is 12.9. The molecule has 0 radical (unpaired) electrons. The summed E-state index contributed by atoms with van der Waals surface area (Å²) in [6.07, 6.45) is 2.10. The topological polar surface area (TPSA) is 75.9 Å². The smallest absolute Gasteiger partial charge is 0.251 e. The molecule has 3 aromatic carbocycles. The maximum Gasteiger partial charge on any atom is 0.251 e. The molecule has 1 atom stereocenters. The molecule has 0 saturated carbocycles. The minimum absolute atomic E-state index is 0.0809. The summed E-state index contributed by atoms with van der Waals surface area (Å²) in [6, 6.07) is 29.3. The fourth-order valence-electron chi connectivity index (χ4n) is 3.73. The number of nitrogens with zero attached hydrogens (tertiary/aromatic N) is 5. The van der Waals surface area contributed by atoms with E-state index in [1.54, 1.807) is 4.68 Å². The number of nitrogens with one attached hydrogen (secondary N) is 1. The molecule has 0 aliphatic carbocycles. The molecular formula is C24H20N6O. The third kappa shape index (κ3) is 3.81. The Morgan fingerprint density at radius 2 is 1.52 bits per heavy atom. The first kappa shape index (κ1) is 18.7. The molecule has 1 aromatic heterocycles. The second-order valence-corrected chi connectivity index (χ2v) is 7.20. The molecule has 0 unspecified atom stereocenters. The van der Waals surface area contributed by atoms with Crippen molar-refractivity contribution in [1.29, 1.82) is 0 Å². The van der Waals surface area contributed by atoms with Gasteiger partial charge < -0.3 is 5.32 Å². The van der Waals surface area contributed by atoms with E-state index in [0.717, 1.165) is 22.5 Å². The molecule has 7 heteroatoms. The monoisotopic (exact) mass is 408 g/mol. The van der Waals surface area contributed by atoms with Crippen LogP contribution in [-0.4, -0.2) is 32.7 Å². The van der Waals surface area contributed by atoms with E-state index in [4.69, 9.17) is 0 Å². The maximum atomic E-state index is 12.9. The number of allylic oxidation sites excluding steroid dienone is 1. The lowest BCUT2D eigenvalue weighted by molar-refractivity contribution is -0.114. The predicted molar refractivity (Wildman–Crippen MR) is 119 cm³/mol. The average molecular weight is 408 g/mol. The molecule has 1 amide bonds. The average Bonchev–Trinajstić information content (AvgIpc) is 3.31. The first-order chi connectivity index (χ1) is 15.3. The number of carbonyl (C=O) groups excluding carboxylic acids is 1. The fourth-order valence-corrected chi connectivity index (χ4v) is 3.73. The number of para-hydroxylation sites is 1. The number of hydrogen-bond donors (Lipinski definition) is 1. The van der Waals surface area contributed by atoms with Gasteiger partial charge in [-0.25, -0.2) is 0 Å². The summed E-state index contributed by atoms with van der Waals surface area (Å²) in [5.74, 6) is 0.374. The number of aromatic nitrogens is 4. The minimum atomic E-state index is -0.171. The Labute approximate surface area is 179 Å². The van der Waals surface area contributed by atoms with Crippen molar-refractivity contribution in [2.24, 2.45) is 0 Å². The number of tetrazole rings is 1. The van der Waals surface area contributed by atoms with Crippen molar-refractivity contribution in [1.82, 2.24) is 20.2 Å². The van der Waals surface area contributed by atoms with Crippen molar-refractivity contribution >= 4 is 23.2 Å². The lowest BCUT2D eigenvalue weighted by Crippen LogP contribution is -2.37. The van der Waals surface area contributed by atoms with Crippen LogP contribution in [0.1, 0.15) is 17.2 Å². The zero-order valence-corrected chi connectivity index (χ0v) is 16.7. The molecule has 1 aliphatic heterocycles. The molecule has 152 valence electrons. The summed E-state index contributed by atoms with van der Waals surface area (Å²) in [6.45, 7) is 0.0809. The quantitative estimate of drug-likeness (QED) is 0.544. The van der Waals surface area contributed by atoms with Crippen molar-refractivity contribution in [2.75, 3.05) is 16.8 Å². The number of fused-ring (bicyclic) bond motifs is 1. The molecule has 7 nitrogen and oxygen atoms in total. The zero-order chi connectivity index (χ0) is 21.0. The number of carbonyl (C=O) groups is 1. The van der Waals surface area contributed by atoms with Crippen molar-refractivity contribution in [3.8, 4) is 0 Å². The summed E-state index contributed by atoms with van der Waals surface area (Å²) in [5.41, 5.74) is 3.69. The van der Waals surface area contributed by atoms with Gasteiger partial charge in [0.2, 0.25) is 5.91 Å². The van der Waals surface area contributed by atoms with Gasteiger partial charge in [-0.05, 0) is 39.8 Å². The van der Waals surface area contributed by atoms with E-state index in [1.807, 2.05) is 95.9 Å². The summed E-state index contributed by atoms with van der Waals surface area (Å²) in [7, 11) is 0. The lowest BCUT2D eigenvalue weighted by atomic mass is 10.0. The summed E-state index contributed by atoms with van der Waals surface area (Å²) < 4.78 is 1.75. The molecule has 0 fully saturated rings. The van der Waals surface area contributed by atoms with E-state index in [-0.39, 0.29) is 18.5 Å². The predicted octanol–water partition coefficient (Wildman–Crippen LogP) is 3.76. The highest BCUT2D eigenvalue weighted by Gasteiger charge is 2.31. The van der Waals surface area contributed by atoms with Crippen LogP contribution in [0, 0.1) is 0 Å². The lowest BCUT2D eigenvalue weighted by Gasteiger charge is -2.32. The van der Waals surface area contributed by atoms with Crippen LogP contribution in [0.25, 0.3) is 5.70 Å². The van der Waals surface area contributed by atoms with Gasteiger partial charge in [0.1, 0.15) is 12.6 Å². The van der Waals surface area contributed by atoms with Crippen molar-refractivity contribution in [3.63, 3.8) is 0 Å². The Morgan fingerprint density at radius 1 is 0.871 bits per heavy atom. The highest BCUT2D eigenvalue weighted by Crippen LogP contribution is 2.35. The van der Waals surface area contributed by atoms with Gasteiger partial charge in [0.05, 0.1) is 5.70 Å². The highest BCUT2D eigenvalue weighted by atomic mass is 16.2. The van der Waals surface area contributed by atoms with Crippen molar-refractivity contribution < 1.29 is 4.79 Å². The third-order valence-electron chi connectivity index (χ3n) is 5.16. The van der Waals surface area contributed by atoms with Crippen LogP contribution in [0.3, 0.4) is 0 Å². The van der Waals surface area contributed by atoms with E-state index in [1.165, 1.54) is 0 Å². The molecule has 1 N–H and O–H groups in total. The van der Waals surface area contributed by atoms with E-state index >= 15 is 0 Å². The molecule has 4 aromatic rings. The van der Waals surface area contributed by atoms with E-state index in [0.29, 0.717) is 5.95 Å². The van der Waals surface area contributed by atoms with Crippen LogP contribution >= 0.6 is 0 Å². The van der Waals surface area contributed by atoms with Gasteiger partial charge in [0.25, 0.3) is 5.95 Å². The Kier molecular flexibility index (Phi) is 4.98. The third-order valence-corrected chi connectivity index (χ3v) is 5.16. The molecule has 31 heavy (non-hydrogen) atoms. The second kappa shape index (κ2) is 8.23. The normalized spacial score (nSPS) is 15.2. The van der Waals surface area contributed by atoms with Crippen LogP contribution in [0.2, 0.25) is 0 Å². The van der Waals surface area contributed by atoms with E-state index in [2.05, 4.69) is 26.9 Å². The zero-order valence-electron chi connectivity index (χ0n) is 16.7. The van der Waals surface area contributed by atoms with Crippen molar-refractivity contribution in [2.45, 2.75) is 6.04 Å². The molecule has 1 aliphatic rings. The number of rotatable bonds is 5. The number of benzene rings is 3. The molecule has 2 heterocycles. The SMILES string of the molecule is O=C(CN1C(c2ccccc2)=C[C@H](c2ccccc2)n2nnnc21)Nc1ccccc1. The standard InChI is InChI=1S/C24H20N6O/c31-23(25-20-14-8-3-9-15-20)17-29-21(18-10-4-1-5-11-18)16-22(19-12-6-2-7-13-19)30-24(29)26-27-28-30/h1-16,22H,17H2,(H,25,31)/t22-/m1/s1. The largest absolute Gasteiger partial charge is 0.325 e. The van der Waals surface area contributed by atoms with Gasteiger partial charge in [-0.3, -0.25) is 9.69 Å². The number of hydrogen-bond acceptors (Lipinski definition) is 5. The summed E-state index contributed by atoms with van der Waals surface area (Å²) in [4.78, 5) is 14.7.